The van der Waals surface area contributed by atoms with Crippen molar-refractivity contribution in [3.8, 4) is 11.5 Å². The molecule has 1 rings (SSSR count). The molecule has 0 radical (unpaired) electrons. The molecular formula is C13H19NO4. The standard InChI is InChI=1S/C13H19NO4/c1-10(13(16)14-8-3-9-15)18-12-6-4-11(17-2)5-7-12/h4-7,10,15H,3,8-9H2,1-2H3,(H,14,16). The zero-order valence-corrected chi connectivity index (χ0v) is 10.7. The van der Waals surface area contributed by atoms with E-state index in [9.17, 15) is 4.79 Å². The van der Waals surface area contributed by atoms with Gasteiger partial charge in [-0.15, -0.1) is 0 Å². The molecule has 0 fully saturated rings. The maximum absolute atomic E-state index is 11.6. The van der Waals surface area contributed by atoms with E-state index in [4.69, 9.17) is 14.6 Å². The van der Waals surface area contributed by atoms with E-state index in [-0.39, 0.29) is 12.5 Å². The average molecular weight is 253 g/mol. The molecule has 0 aliphatic heterocycles. The van der Waals surface area contributed by atoms with Crippen LogP contribution in [0.1, 0.15) is 13.3 Å². The molecule has 100 valence electrons. The van der Waals surface area contributed by atoms with Gasteiger partial charge < -0.3 is 19.9 Å². The molecule has 0 bridgehead atoms. The van der Waals surface area contributed by atoms with Crippen LogP contribution in [-0.2, 0) is 4.79 Å². The molecule has 0 spiro atoms. The van der Waals surface area contributed by atoms with E-state index in [2.05, 4.69) is 5.32 Å². The minimum absolute atomic E-state index is 0.0635. The molecule has 1 amide bonds. The van der Waals surface area contributed by atoms with Gasteiger partial charge in [-0.1, -0.05) is 0 Å². The zero-order chi connectivity index (χ0) is 13.4. The monoisotopic (exact) mass is 253 g/mol. The highest BCUT2D eigenvalue weighted by Gasteiger charge is 2.13. The third-order valence-electron chi connectivity index (χ3n) is 2.38. The fraction of sp³-hybridized carbons (Fsp3) is 0.462. The molecule has 1 unspecified atom stereocenters. The summed E-state index contributed by atoms with van der Waals surface area (Å²) in [5.74, 6) is 1.15. The second kappa shape index (κ2) is 7.55. The molecule has 1 aromatic rings. The van der Waals surface area contributed by atoms with E-state index in [1.54, 1.807) is 38.3 Å². The van der Waals surface area contributed by atoms with Crippen LogP contribution < -0.4 is 14.8 Å². The fourth-order valence-electron chi connectivity index (χ4n) is 1.35. The number of rotatable bonds is 7. The number of ether oxygens (including phenoxy) is 2. The molecule has 5 heteroatoms. The average Bonchev–Trinajstić information content (AvgIpc) is 2.39. The maximum atomic E-state index is 11.6. The van der Waals surface area contributed by atoms with Crippen molar-refractivity contribution in [2.24, 2.45) is 0 Å². The summed E-state index contributed by atoms with van der Waals surface area (Å²) >= 11 is 0. The van der Waals surface area contributed by atoms with E-state index < -0.39 is 6.10 Å². The van der Waals surface area contributed by atoms with E-state index in [1.165, 1.54) is 0 Å². The van der Waals surface area contributed by atoms with Crippen LogP contribution in [0.25, 0.3) is 0 Å². The fourth-order valence-corrected chi connectivity index (χ4v) is 1.35. The lowest BCUT2D eigenvalue weighted by Gasteiger charge is -2.14. The van der Waals surface area contributed by atoms with Crippen molar-refractivity contribution in [3.05, 3.63) is 24.3 Å². The molecular weight excluding hydrogens is 234 g/mol. The van der Waals surface area contributed by atoms with Crippen molar-refractivity contribution in [2.45, 2.75) is 19.4 Å². The summed E-state index contributed by atoms with van der Waals surface area (Å²) in [5, 5.41) is 11.3. The normalized spacial score (nSPS) is 11.7. The van der Waals surface area contributed by atoms with Crippen LogP contribution in [0.2, 0.25) is 0 Å². The molecule has 0 saturated carbocycles. The number of aliphatic hydroxyl groups is 1. The van der Waals surface area contributed by atoms with Crippen molar-refractivity contribution in [2.75, 3.05) is 20.3 Å². The second-order valence-electron chi connectivity index (χ2n) is 3.80. The lowest BCUT2D eigenvalue weighted by atomic mass is 10.3. The number of aliphatic hydroxyl groups excluding tert-OH is 1. The Hall–Kier alpha value is -1.75. The summed E-state index contributed by atoms with van der Waals surface area (Å²) < 4.78 is 10.5. The van der Waals surface area contributed by atoms with Crippen LogP contribution in [0, 0.1) is 0 Å². The SMILES string of the molecule is COc1ccc(OC(C)C(=O)NCCCO)cc1. The topological polar surface area (TPSA) is 67.8 Å². The van der Waals surface area contributed by atoms with Crippen molar-refractivity contribution in [1.29, 1.82) is 0 Å². The molecule has 0 saturated heterocycles. The van der Waals surface area contributed by atoms with Gasteiger partial charge in [0.05, 0.1) is 7.11 Å². The van der Waals surface area contributed by atoms with Gasteiger partial charge in [0.2, 0.25) is 0 Å². The minimum Gasteiger partial charge on any atom is -0.497 e. The predicted octanol–water partition coefficient (Wildman–Crippen LogP) is 0.961. The molecule has 5 nitrogen and oxygen atoms in total. The van der Waals surface area contributed by atoms with Crippen LogP contribution in [0.4, 0.5) is 0 Å². The summed E-state index contributed by atoms with van der Waals surface area (Å²) in [4.78, 5) is 11.6. The third kappa shape index (κ3) is 4.63. The van der Waals surface area contributed by atoms with Gasteiger partial charge in [0, 0.05) is 13.2 Å². The van der Waals surface area contributed by atoms with Crippen LogP contribution >= 0.6 is 0 Å². The van der Waals surface area contributed by atoms with Crippen molar-refractivity contribution in [3.63, 3.8) is 0 Å². The predicted molar refractivity (Wildman–Crippen MR) is 67.8 cm³/mol. The third-order valence-corrected chi connectivity index (χ3v) is 2.38. The van der Waals surface area contributed by atoms with Gasteiger partial charge in [0.25, 0.3) is 5.91 Å². The molecule has 2 N–H and O–H groups in total. The highest BCUT2D eigenvalue weighted by molar-refractivity contribution is 5.80. The first kappa shape index (κ1) is 14.3. The number of carbonyl (C=O) groups is 1. The Morgan fingerprint density at radius 3 is 2.50 bits per heavy atom. The van der Waals surface area contributed by atoms with Crippen LogP contribution in [-0.4, -0.2) is 37.4 Å². The second-order valence-corrected chi connectivity index (χ2v) is 3.80. The largest absolute Gasteiger partial charge is 0.497 e. The molecule has 0 aliphatic carbocycles. The summed E-state index contributed by atoms with van der Waals surface area (Å²) in [6.45, 7) is 2.19. The van der Waals surface area contributed by atoms with E-state index in [0.717, 1.165) is 5.75 Å². The maximum Gasteiger partial charge on any atom is 0.260 e. The van der Waals surface area contributed by atoms with Crippen molar-refractivity contribution >= 4 is 5.91 Å². The number of nitrogens with one attached hydrogen (secondary N) is 1. The smallest absolute Gasteiger partial charge is 0.260 e. The molecule has 18 heavy (non-hydrogen) atoms. The van der Waals surface area contributed by atoms with E-state index in [1.807, 2.05) is 0 Å². The molecule has 1 atom stereocenters. The Bertz CT molecular complexity index is 364. The Labute approximate surface area is 107 Å². The first-order valence-corrected chi connectivity index (χ1v) is 5.86. The van der Waals surface area contributed by atoms with Gasteiger partial charge in [-0.3, -0.25) is 4.79 Å². The Morgan fingerprint density at radius 1 is 1.33 bits per heavy atom. The highest BCUT2D eigenvalue weighted by Crippen LogP contribution is 2.18. The minimum atomic E-state index is -0.572. The van der Waals surface area contributed by atoms with Gasteiger partial charge in [-0.2, -0.15) is 0 Å². The first-order chi connectivity index (χ1) is 8.67. The van der Waals surface area contributed by atoms with Crippen LogP contribution in [0.5, 0.6) is 11.5 Å². The molecule has 0 aromatic heterocycles. The molecule has 1 aromatic carbocycles. The van der Waals surface area contributed by atoms with Crippen LogP contribution in [0.3, 0.4) is 0 Å². The Balaban J connectivity index is 2.42. The quantitative estimate of drug-likeness (QED) is 0.710. The van der Waals surface area contributed by atoms with Gasteiger partial charge in [0.1, 0.15) is 11.5 Å². The lowest BCUT2D eigenvalue weighted by molar-refractivity contribution is -0.127. The summed E-state index contributed by atoms with van der Waals surface area (Å²) in [6.07, 6.45) is -0.0295. The number of benzene rings is 1. The van der Waals surface area contributed by atoms with Gasteiger partial charge >= 0.3 is 0 Å². The first-order valence-electron chi connectivity index (χ1n) is 5.86. The van der Waals surface area contributed by atoms with Gasteiger partial charge in [-0.25, -0.2) is 0 Å². The molecule has 0 aliphatic rings. The van der Waals surface area contributed by atoms with Gasteiger partial charge in [-0.05, 0) is 37.6 Å². The number of carbonyl (C=O) groups excluding carboxylic acids is 1. The Morgan fingerprint density at radius 2 is 1.94 bits per heavy atom. The number of hydrogen-bond acceptors (Lipinski definition) is 4. The van der Waals surface area contributed by atoms with Crippen molar-refractivity contribution in [1.82, 2.24) is 5.32 Å². The van der Waals surface area contributed by atoms with E-state index >= 15 is 0 Å². The number of amides is 1. The number of methoxy groups -OCH3 is 1. The summed E-state index contributed by atoms with van der Waals surface area (Å²) in [7, 11) is 1.59. The van der Waals surface area contributed by atoms with Gasteiger partial charge in [0.15, 0.2) is 6.10 Å². The number of hydrogen-bond donors (Lipinski definition) is 2. The molecule has 0 heterocycles. The lowest BCUT2D eigenvalue weighted by Crippen LogP contribution is -2.37. The summed E-state index contributed by atoms with van der Waals surface area (Å²) in [5.41, 5.74) is 0. The van der Waals surface area contributed by atoms with Crippen molar-refractivity contribution < 1.29 is 19.4 Å². The highest BCUT2D eigenvalue weighted by atomic mass is 16.5. The zero-order valence-electron chi connectivity index (χ0n) is 10.7. The van der Waals surface area contributed by atoms with Crippen LogP contribution in [0.15, 0.2) is 24.3 Å². The summed E-state index contributed by atoms with van der Waals surface area (Å²) in [6, 6.07) is 7.03. The van der Waals surface area contributed by atoms with E-state index in [0.29, 0.717) is 18.7 Å². The Kier molecular flexibility index (Phi) is 6.00.